The Balaban J connectivity index is 3.17. The summed E-state index contributed by atoms with van der Waals surface area (Å²) in [7, 11) is 0. The lowest BCUT2D eigenvalue weighted by atomic mass is 10.1. The quantitative estimate of drug-likeness (QED) is 0.759. The Morgan fingerprint density at radius 2 is 2.11 bits per heavy atom. The van der Waals surface area contributed by atoms with Gasteiger partial charge in [-0.1, -0.05) is 11.6 Å². The van der Waals surface area contributed by atoms with Crippen molar-refractivity contribution in [3.63, 3.8) is 0 Å². The van der Waals surface area contributed by atoms with Crippen LogP contribution in [0.25, 0.3) is 6.08 Å². The average Bonchev–Trinajstić information content (AvgIpc) is 2.33. The molecule has 0 radical (unpaired) electrons. The molecule has 0 aliphatic carbocycles. The van der Waals surface area contributed by atoms with Gasteiger partial charge >= 0.3 is 5.97 Å². The smallest absolute Gasteiger partial charge is 0.328 e. The maximum Gasteiger partial charge on any atom is 0.328 e. The van der Waals surface area contributed by atoms with E-state index in [9.17, 15) is 9.59 Å². The maximum atomic E-state index is 11.1. The van der Waals surface area contributed by atoms with Crippen LogP contribution >= 0.6 is 0 Å². The molecule has 0 unspecified atom stereocenters. The fourth-order valence-corrected chi connectivity index (χ4v) is 1.81. The number of benzene rings is 1. The zero-order valence-corrected chi connectivity index (χ0v) is 11.1. The minimum atomic E-state index is -1.01. The lowest BCUT2D eigenvalue weighted by molar-refractivity contribution is -0.131. The molecule has 19 heavy (non-hydrogen) atoms. The van der Waals surface area contributed by atoms with Crippen LogP contribution < -0.4 is 10.6 Å². The van der Waals surface area contributed by atoms with Gasteiger partial charge in [0.05, 0.1) is 6.54 Å². The van der Waals surface area contributed by atoms with E-state index in [1.54, 1.807) is 0 Å². The van der Waals surface area contributed by atoms with E-state index in [1.807, 2.05) is 36.9 Å². The van der Waals surface area contributed by atoms with Gasteiger partial charge in [0.15, 0.2) is 0 Å². The van der Waals surface area contributed by atoms with Gasteiger partial charge in [-0.15, -0.1) is 0 Å². The summed E-state index contributed by atoms with van der Waals surface area (Å²) in [4.78, 5) is 23.5. The largest absolute Gasteiger partial charge is 0.478 e. The Morgan fingerprint density at radius 1 is 1.42 bits per heavy atom. The van der Waals surface area contributed by atoms with Crippen LogP contribution in [0.3, 0.4) is 0 Å². The molecular weight excluding hydrogens is 244 g/mol. The van der Waals surface area contributed by atoms with Crippen LogP contribution in [0.4, 0.5) is 5.69 Å². The zero-order chi connectivity index (χ0) is 14.4. The summed E-state index contributed by atoms with van der Waals surface area (Å²) in [5.74, 6) is -1.43. The summed E-state index contributed by atoms with van der Waals surface area (Å²) in [6, 6.07) is 5.65. The molecule has 0 fully saturated rings. The van der Waals surface area contributed by atoms with Crippen molar-refractivity contribution in [2.24, 2.45) is 5.73 Å². The molecule has 0 aliphatic rings. The highest BCUT2D eigenvalue weighted by atomic mass is 16.4. The summed E-state index contributed by atoms with van der Waals surface area (Å²) >= 11 is 0. The van der Waals surface area contributed by atoms with Crippen molar-refractivity contribution in [3.8, 4) is 0 Å². The third-order valence-electron chi connectivity index (χ3n) is 2.66. The minimum absolute atomic E-state index is 0.105. The number of carboxylic acid groups (broad SMARTS) is 1. The molecule has 1 aromatic carbocycles. The molecule has 3 N–H and O–H groups in total. The van der Waals surface area contributed by atoms with Gasteiger partial charge in [-0.2, -0.15) is 0 Å². The third-order valence-corrected chi connectivity index (χ3v) is 2.66. The van der Waals surface area contributed by atoms with E-state index in [0.717, 1.165) is 22.9 Å². The number of anilines is 1. The first-order chi connectivity index (χ1) is 8.93. The summed E-state index contributed by atoms with van der Waals surface area (Å²) in [6.45, 7) is 4.55. The number of nitrogens with zero attached hydrogens (tertiary/aromatic N) is 1. The summed E-state index contributed by atoms with van der Waals surface area (Å²) in [6.07, 6.45) is 2.60. The van der Waals surface area contributed by atoms with Crippen LogP contribution in [0.2, 0.25) is 0 Å². The summed E-state index contributed by atoms with van der Waals surface area (Å²) < 4.78 is 0. The monoisotopic (exact) mass is 262 g/mol. The van der Waals surface area contributed by atoms with Gasteiger partial charge in [-0.05, 0) is 37.6 Å². The van der Waals surface area contributed by atoms with Crippen LogP contribution in [0.1, 0.15) is 18.1 Å². The Kier molecular flexibility index (Phi) is 5.11. The Morgan fingerprint density at radius 3 is 2.63 bits per heavy atom. The van der Waals surface area contributed by atoms with E-state index >= 15 is 0 Å². The van der Waals surface area contributed by atoms with Crippen molar-refractivity contribution in [1.29, 1.82) is 0 Å². The van der Waals surface area contributed by atoms with Crippen molar-refractivity contribution in [3.05, 3.63) is 35.4 Å². The molecule has 1 amide bonds. The van der Waals surface area contributed by atoms with Crippen LogP contribution in [0.15, 0.2) is 24.3 Å². The molecule has 0 heterocycles. The van der Waals surface area contributed by atoms with Gasteiger partial charge in [-0.3, -0.25) is 4.79 Å². The molecule has 0 saturated carbocycles. The highest BCUT2D eigenvalue weighted by molar-refractivity contribution is 5.88. The second-order valence-corrected chi connectivity index (χ2v) is 4.21. The number of hydrogen-bond donors (Lipinski definition) is 2. The molecule has 0 bridgehead atoms. The molecule has 0 atom stereocenters. The van der Waals surface area contributed by atoms with E-state index in [0.29, 0.717) is 6.54 Å². The molecular formula is C14H18N2O3. The third kappa shape index (κ3) is 4.46. The van der Waals surface area contributed by atoms with Gasteiger partial charge in [0.1, 0.15) is 0 Å². The number of primary amides is 1. The number of aliphatic carboxylic acids is 1. The molecule has 0 aliphatic heterocycles. The van der Waals surface area contributed by atoms with Crippen LogP contribution in [-0.2, 0) is 9.59 Å². The van der Waals surface area contributed by atoms with E-state index in [4.69, 9.17) is 10.8 Å². The summed E-state index contributed by atoms with van der Waals surface area (Å²) in [5, 5.41) is 8.70. The normalized spacial score (nSPS) is 10.6. The standard InChI is InChI=1S/C14H18N2O3/c1-3-16(9-13(15)17)12-6-4-10(2)8-11(12)5-7-14(18)19/h4-8H,3,9H2,1-2H3,(H2,15,17)(H,18,19)/b7-5+. The number of amides is 1. The number of rotatable bonds is 6. The zero-order valence-electron chi connectivity index (χ0n) is 11.1. The number of aryl methyl sites for hydroxylation is 1. The predicted molar refractivity (Wildman–Crippen MR) is 74.9 cm³/mol. The first-order valence-corrected chi connectivity index (χ1v) is 5.99. The predicted octanol–water partition coefficient (Wildman–Crippen LogP) is 1.40. The molecule has 5 heteroatoms. The lowest BCUT2D eigenvalue weighted by Gasteiger charge is -2.23. The van der Waals surface area contributed by atoms with Gasteiger partial charge in [-0.25, -0.2) is 4.79 Å². The highest BCUT2D eigenvalue weighted by Gasteiger charge is 2.11. The number of likely N-dealkylation sites (N-methyl/N-ethyl adjacent to an activating group) is 1. The molecule has 0 aromatic heterocycles. The number of hydrogen-bond acceptors (Lipinski definition) is 3. The van der Waals surface area contributed by atoms with Crippen LogP contribution in [0.5, 0.6) is 0 Å². The van der Waals surface area contributed by atoms with Crippen molar-refractivity contribution >= 4 is 23.6 Å². The van der Waals surface area contributed by atoms with Crippen molar-refractivity contribution in [2.45, 2.75) is 13.8 Å². The molecule has 5 nitrogen and oxygen atoms in total. The fraction of sp³-hybridized carbons (Fsp3) is 0.286. The second kappa shape index (κ2) is 6.58. The van der Waals surface area contributed by atoms with Crippen LogP contribution in [0, 0.1) is 6.92 Å². The van der Waals surface area contributed by atoms with Crippen LogP contribution in [-0.4, -0.2) is 30.1 Å². The van der Waals surface area contributed by atoms with E-state index < -0.39 is 11.9 Å². The van der Waals surface area contributed by atoms with Gasteiger partial charge in [0.2, 0.25) is 5.91 Å². The van der Waals surface area contributed by atoms with Crippen molar-refractivity contribution in [1.82, 2.24) is 0 Å². The SMILES string of the molecule is CCN(CC(N)=O)c1ccc(C)cc1/C=C/C(=O)O. The number of carbonyl (C=O) groups excluding carboxylic acids is 1. The minimum Gasteiger partial charge on any atom is -0.478 e. The Bertz CT molecular complexity index is 509. The average molecular weight is 262 g/mol. The second-order valence-electron chi connectivity index (χ2n) is 4.21. The van der Waals surface area contributed by atoms with Crippen molar-refractivity contribution in [2.75, 3.05) is 18.0 Å². The number of carbonyl (C=O) groups is 2. The summed E-state index contributed by atoms with van der Waals surface area (Å²) in [5.41, 5.74) is 7.78. The maximum absolute atomic E-state index is 11.1. The van der Waals surface area contributed by atoms with Gasteiger partial charge < -0.3 is 15.7 Å². The number of nitrogens with two attached hydrogens (primary N) is 1. The molecule has 0 spiro atoms. The van der Waals surface area contributed by atoms with Gasteiger partial charge in [0.25, 0.3) is 0 Å². The first kappa shape index (κ1) is 14.8. The molecule has 102 valence electrons. The Labute approximate surface area is 112 Å². The topological polar surface area (TPSA) is 83.6 Å². The van der Waals surface area contributed by atoms with Crippen molar-refractivity contribution < 1.29 is 14.7 Å². The number of carboxylic acids is 1. The molecule has 0 saturated heterocycles. The van der Waals surface area contributed by atoms with E-state index in [1.165, 1.54) is 6.08 Å². The molecule has 1 rings (SSSR count). The highest BCUT2D eigenvalue weighted by Crippen LogP contribution is 2.23. The van der Waals surface area contributed by atoms with E-state index in [-0.39, 0.29) is 6.54 Å². The fourth-order valence-electron chi connectivity index (χ4n) is 1.81. The van der Waals surface area contributed by atoms with E-state index in [2.05, 4.69) is 0 Å². The first-order valence-electron chi connectivity index (χ1n) is 5.99. The Hall–Kier alpha value is -2.30. The molecule has 1 aromatic rings. The lowest BCUT2D eigenvalue weighted by Crippen LogP contribution is -2.34. The van der Waals surface area contributed by atoms with Gasteiger partial charge in [0, 0.05) is 18.3 Å².